The highest BCUT2D eigenvalue weighted by molar-refractivity contribution is 5.76. The zero-order valence-electron chi connectivity index (χ0n) is 11.7. The monoisotopic (exact) mass is 337 g/mol. The Kier molecular flexibility index (Phi) is 8.26. The summed E-state index contributed by atoms with van der Waals surface area (Å²) >= 11 is 0. The molecule has 1 aromatic rings. The third-order valence-electron chi connectivity index (χ3n) is 2.25. The Labute approximate surface area is 128 Å². The van der Waals surface area contributed by atoms with Crippen LogP contribution in [0.1, 0.15) is 12.0 Å². The van der Waals surface area contributed by atoms with Gasteiger partial charge in [-0.1, -0.05) is 12.1 Å². The topological polar surface area (TPSA) is 136 Å². The number of halogens is 3. The fourth-order valence-electron chi connectivity index (χ4n) is 1.16. The van der Waals surface area contributed by atoms with Crippen LogP contribution >= 0.6 is 0 Å². The van der Waals surface area contributed by atoms with E-state index in [1.54, 1.807) is 12.1 Å². The number of non-ortho nitro benzene ring substituents is 1. The number of amides is 1. The average Bonchev–Trinajstić information content (AvgIpc) is 2.45. The lowest BCUT2D eigenvalue weighted by atomic mass is 10.2. The molecule has 0 unspecified atom stereocenters. The average molecular weight is 337 g/mol. The lowest BCUT2D eigenvalue weighted by molar-refractivity contribution is -0.384. The van der Waals surface area contributed by atoms with Crippen molar-refractivity contribution in [2.45, 2.75) is 19.1 Å². The number of hydrogen-bond acceptors (Lipinski definition) is 5. The number of carbonyl (C=O) groups excluding carboxylic acids is 1. The van der Waals surface area contributed by atoms with Crippen LogP contribution in [-0.2, 0) is 16.1 Å². The summed E-state index contributed by atoms with van der Waals surface area (Å²) in [4.78, 5) is 29.9. The van der Waals surface area contributed by atoms with E-state index in [1.807, 2.05) is 0 Å². The van der Waals surface area contributed by atoms with Gasteiger partial charge in [-0.05, 0) is 5.56 Å². The highest BCUT2D eigenvalue weighted by atomic mass is 19.4. The van der Waals surface area contributed by atoms with Crippen LogP contribution in [-0.4, -0.2) is 34.6 Å². The highest BCUT2D eigenvalue weighted by Gasteiger charge is 2.38. The molecule has 4 N–H and O–H groups in total. The first kappa shape index (κ1) is 20.3. The predicted octanol–water partition coefficient (Wildman–Crippen LogP) is 1.19. The predicted molar refractivity (Wildman–Crippen MR) is 72.3 cm³/mol. The van der Waals surface area contributed by atoms with Gasteiger partial charge in [0.2, 0.25) is 5.91 Å². The molecule has 8 nitrogen and oxygen atoms in total. The van der Waals surface area contributed by atoms with Crippen LogP contribution in [0.2, 0.25) is 0 Å². The Morgan fingerprint density at radius 1 is 1.26 bits per heavy atom. The summed E-state index contributed by atoms with van der Waals surface area (Å²) in [6.07, 6.45) is -4.80. The van der Waals surface area contributed by atoms with E-state index in [0.29, 0.717) is 13.1 Å². The number of benzene rings is 1. The fourth-order valence-corrected chi connectivity index (χ4v) is 1.16. The normalized spacial score (nSPS) is 10.3. The number of nitrogens with one attached hydrogen (secondary N) is 1. The Hall–Kier alpha value is -2.69. The van der Waals surface area contributed by atoms with Crippen molar-refractivity contribution in [3.63, 3.8) is 0 Å². The van der Waals surface area contributed by atoms with E-state index in [9.17, 15) is 28.1 Å². The van der Waals surface area contributed by atoms with Crippen LogP contribution in [0.3, 0.4) is 0 Å². The SMILES string of the molecule is NCCC(=O)NCc1ccc([N+](=O)[O-])cc1.O=C(O)C(F)(F)F. The Balaban J connectivity index is 0.000000585. The van der Waals surface area contributed by atoms with E-state index in [1.165, 1.54) is 12.1 Å². The molecule has 1 rings (SSSR count). The van der Waals surface area contributed by atoms with Crippen LogP contribution in [0, 0.1) is 10.1 Å². The first-order valence-electron chi connectivity index (χ1n) is 6.08. The third kappa shape index (κ3) is 9.03. The molecule has 0 bridgehead atoms. The molecule has 0 aliphatic rings. The lowest BCUT2D eigenvalue weighted by Gasteiger charge is -2.03. The summed E-state index contributed by atoms with van der Waals surface area (Å²) in [5, 5.41) is 20.2. The maximum absolute atomic E-state index is 11.1. The van der Waals surface area contributed by atoms with Gasteiger partial charge in [-0.15, -0.1) is 0 Å². The maximum atomic E-state index is 11.1. The summed E-state index contributed by atoms with van der Waals surface area (Å²) in [6, 6.07) is 6.04. The van der Waals surface area contributed by atoms with E-state index in [-0.39, 0.29) is 18.0 Å². The van der Waals surface area contributed by atoms with Gasteiger partial charge in [0, 0.05) is 31.6 Å². The van der Waals surface area contributed by atoms with Crippen LogP contribution in [0.25, 0.3) is 0 Å². The van der Waals surface area contributed by atoms with Crippen molar-refractivity contribution < 1.29 is 32.8 Å². The second-order valence-electron chi connectivity index (χ2n) is 4.04. The minimum Gasteiger partial charge on any atom is -0.475 e. The fraction of sp³-hybridized carbons (Fsp3) is 0.333. The van der Waals surface area contributed by atoms with Crippen LogP contribution in [0.5, 0.6) is 0 Å². The van der Waals surface area contributed by atoms with Crippen LogP contribution < -0.4 is 11.1 Å². The van der Waals surface area contributed by atoms with Gasteiger partial charge in [0.25, 0.3) is 5.69 Å². The number of hydrogen-bond donors (Lipinski definition) is 3. The summed E-state index contributed by atoms with van der Waals surface area (Å²) in [7, 11) is 0. The van der Waals surface area contributed by atoms with Crippen molar-refractivity contribution in [3.05, 3.63) is 39.9 Å². The van der Waals surface area contributed by atoms with Gasteiger partial charge in [-0.25, -0.2) is 4.79 Å². The van der Waals surface area contributed by atoms with E-state index in [4.69, 9.17) is 15.6 Å². The van der Waals surface area contributed by atoms with Crippen LogP contribution in [0.15, 0.2) is 24.3 Å². The zero-order valence-corrected chi connectivity index (χ0v) is 11.7. The van der Waals surface area contributed by atoms with E-state index >= 15 is 0 Å². The van der Waals surface area contributed by atoms with E-state index in [2.05, 4.69) is 5.32 Å². The molecule has 0 fully saturated rings. The number of carboxylic acid groups (broad SMARTS) is 1. The number of nitro benzene ring substituents is 1. The lowest BCUT2D eigenvalue weighted by Crippen LogP contribution is -2.24. The molecule has 0 saturated carbocycles. The van der Waals surface area contributed by atoms with Crippen molar-refractivity contribution in [2.75, 3.05) is 6.54 Å². The number of rotatable bonds is 5. The first-order chi connectivity index (χ1) is 10.6. The van der Waals surface area contributed by atoms with Crippen molar-refractivity contribution in [3.8, 4) is 0 Å². The molecule has 1 aromatic carbocycles. The second-order valence-corrected chi connectivity index (χ2v) is 4.04. The van der Waals surface area contributed by atoms with Crippen molar-refractivity contribution >= 4 is 17.6 Å². The minimum atomic E-state index is -5.08. The third-order valence-corrected chi connectivity index (χ3v) is 2.25. The number of nitrogens with two attached hydrogens (primary N) is 1. The summed E-state index contributed by atoms with van der Waals surface area (Å²) in [5.74, 6) is -2.88. The molecule has 0 heterocycles. The molecule has 128 valence electrons. The second kappa shape index (κ2) is 9.35. The highest BCUT2D eigenvalue weighted by Crippen LogP contribution is 2.13. The Bertz CT molecular complexity index is 546. The van der Waals surface area contributed by atoms with Crippen LogP contribution in [0.4, 0.5) is 18.9 Å². The zero-order chi connectivity index (χ0) is 18.0. The number of carboxylic acids is 1. The number of nitro groups is 1. The number of alkyl halides is 3. The maximum Gasteiger partial charge on any atom is 0.490 e. The van der Waals surface area contributed by atoms with Crippen molar-refractivity contribution in [1.82, 2.24) is 5.32 Å². The van der Waals surface area contributed by atoms with Crippen molar-refractivity contribution in [1.29, 1.82) is 0 Å². The van der Waals surface area contributed by atoms with Gasteiger partial charge in [0.05, 0.1) is 4.92 Å². The molecule has 0 atom stereocenters. The molecular weight excluding hydrogens is 323 g/mol. The van der Waals surface area contributed by atoms with Gasteiger partial charge in [0.15, 0.2) is 0 Å². The molecule has 0 aliphatic heterocycles. The quantitative estimate of drug-likeness (QED) is 0.545. The summed E-state index contributed by atoms with van der Waals surface area (Å²) in [5.41, 5.74) is 6.07. The largest absolute Gasteiger partial charge is 0.490 e. The molecule has 0 spiro atoms. The smallest absolute Gasteiger partial charge is 0.475 e. The van der Waals surface area contributed by atoms with Gasteiger partial charge in [-0.3, -0.25) is 14.9 Å². The molecule has 0 radical (unpaired) electrons. The van der Waals surface area contributed by atoms with Gasteiger partial charge >= 0.3 is 12.1 Å². The molecule has 0 aromatic heterocycles. The summed E-state index contributed by atoms with van der Waals surface area (Å²) in [6.45, 7) is 0.670. The standard InChI is InChI=1S/C10H13N3O3.C2HF3O2/c11-6-5-10(14)12-7-8-1-3-9(4-2-8)13(15)16;3-2(4,5)1(6)7/h1-4H,5-7,11H2,(H,12,14);(H,6,7). The van der Waals surface area contributed by atoms with Gasteiger partial charge in [-0.2, -0.15) is 13.2 Å². The molecule has 1 amide bonds. The van der Waals surface area contributed by atoms with E-state index < -0.39 is 17.1 Å². The molecule has 0 saturated heterocycles. The summed E-state index contributed by atoms with van der Waals surface area (Å²) < 4.78 is 31.7. The van der Waals surface area contributed by atoms with Gasteiger partial charge < -0.3 is 16.2 Å². The molecule has 0 aliphatic carbocycles. The Morgan fingerprint density at radius 3 is 2.09 bits per heavy atom. The molecule has 11 heteroatoms. The number of carbonyl (C=O) groups is 2. The van der Waals surface area contributed by atoms with E-state index in [0.717, 1.165) is 5.56 Å². The molecular formula is C12H14F3N3O5. The number of nitrogens with zero attached hydrogens (tertiary/aromatic N) is 1. The molecule has 23 heavy (non-hydrogen) atoms. The Morgan fingerprint density at radius 2 is 1.74 bits per heavy atom. The van der Waals surface area contributed by atoms with Crippen molar-refractivity contribution in [2.24, 2.45) is 5.73 Å². The number of aliphatic carboxylic acids is 1. The van der Waals surface area contributed by atoms with Gasteiger partial charge in [0.1, 0.15) is 0 Å². The minimum absolute atomic E-state index is 0.0389. The first-order valence-corrected chi connectivity index (χ1v) is 6.08.